The summed E-state index contributed by atoms with van der Waals surface area (Å²) in [6, 6.07) is 5.39. The van der Waals surface area contributed by atoms with Crippen molar-refractivity contribution in [1.82, 2.24) is 4.31 Å². The third-order valence-corrected chi connectivity index (χ3v) is 6.65. The standard InChI is InChI=1S/C15H22ClNO2S/c1-11-7-8-17(12(2)9-11)20(18,19)15-6-4-5-14(10-16)13(15)3/h4-6,11-12H,7-10H2,1-3H3. The summed E-state index contributed by atoms with van der Waals surface area (Å²) in [4.78, 5) is 0.400. The summed E-state index contributed by atoms with van der Waals surface area (Å²) in [7, 11) is -3.42. The monoisotopic (exact) mass is 315 g/mol. The highest BCUT2D eigenvalue weighted by atomic mass is 35.5. The van der Waals surface area contributed by atoms with Gasteiger partial charge in [-0.1, -0.05) is 19.1 Å². The van der Waals surface area contributed by atoms with Gasteiger partial charge in [-0.25, -0.2) is 8.42 Å². The number of nitrogens with zero attached hydrogens (tertiary/aromatic N) is 1. The fourth-order valence-electron chi connectivity index (χ4n) is 2.95. The molecule has 1 aliphatic rings. The van der Waals surface area contributed by atoms with E-state index in [0.29, 0.717) is 23.2 Å². The van der Waals surface area contributed by atoms with E-state index in [9.17, 15) is 8.42 Å². The Kier molecular flexibility index (Phi) is 4.77. The first-order valence-corrected chi connectivity index (χ1v) is 9.01. The van der Waals surface area contributed by atoms with Crippen LogP contribution in [0.25, 0.3) is 0 Å². The van der Waals surface area contributed by atoms with Crippen LogP contribution in [-0.4, -0.2) is 25.3 Å². The van der Waals surface area contributed by atoms with Crippen molar-refractivity contribution >= 4 is 21.6 Å². The number of sulfonamides is 1. The van der Waals surface area contributed by atoms with Crippen LogP contribution in [0.3, 0.4) is 0 Å². The van der Waals surface area contributed by atoms with Gasteiger partial charge in [-0.15, -0.1) is 11.6 Å². The molecule has 3 nitrogen and oxygen atoms in total. The van der Waals surface area contributed by atoms with Crippen molar-refractivity contribution in [1.29, 1.82) is 0 Å². The molecule has 2 unspecified atom stereocenters. The molecule has 0 saturated carbocycles. The first-order chi connectivity index (χ1) is 9.37. The van der Waals surface area contributed by atoms with E-state index in [0.717, 1.165) is 24.0 Å². The summed E-state index contributed by atoms with van der Waals surface area (Å²) in [5.41, 5.74) is 1.65. The minimum Gasteiger partial charge on any atom is -0.207 e. The molecule has 5 heteroatoms. The van der Waals surface area contributed by atoms with Gasteiger partial charge in [0, 0.05) is 18.5 Å². The molecule has 1 aliphatic heterocycles. The molecule has 0 aromatic heterocycles. The normalized spacial score (nSPS) is 24.8. The number of alkyl halides is 1. The van der Waals surface area contributed by atoms with Gasteiger partial charge in [0.15, 0.2) is 0 Å². The van der Waals surface area contributed by atoms with Crippen LogP contribution in [0.4, 0.5) is 0 Å². The number of benzene rings is 1. The van der Waals surface area contributed by atoms with Crippen LogP contribution in [0.2, 0.25) is 0 Å². The van der Waals surface area contributed by atoms with Gasteiger partial charge in [-0.3, -0.25) is 0 Å². The molecule has 20 heavy (non-hydrogen) atoms. The Morgan fingerprint density at radius 2 is 2.05 bits per heavy atom. The van der Waals surface area contributed by atoms with Crippen molar-refractivity contribution in [3.8, 4) is 0 Å². The maximum atomic E-state index is 12.9. The Labute approximate surface area is 127 Å². The van der Waals surface area contributed by atoms with E-state index in [2.05, 4.69) is 6.92 Å². The molecule has 2 rings (SSSR count). The molecule has 2 atom stereocenters. The van der Waals surface area contributed by atoms with E-state index in [1.807, 2.05) is 19.9 Å². The van der Waals surface area contributed by atoms with Crippen molar-refractivity contribution < 1.29 is 8.42 Å². The Balaban J connectivity index is 2.40. The average Bonchev–Trinajstić information content (AvgIpc) is 2.38. The lowest BCUT2D eigenvalue weighted by atomic mass is 9.95. The molecule has 1 heterocycles. The van der Waals surface area contributed by atoms with Crippen LogP contribution < -0.4 is 0 Å². The van der Waals surface area contributed by atoms with Gasteiger partial charge in [0.25, 0.3) is 0 Å². The van der Waals surface area contributed by atoms with Gasteiger partial charge in [0.2, 0.25) is 10.0 Å². The molecule has 0 bridgehead atoms. The fourth-order valence-corrected chi connectivity index (χ4v) is 5.17. The van der Waals surface area contributed by atoms with E-state index in [1.54, 1.807) is 16.4 Å². The van der Waals surface area contributed by atoms with Gasteiger partial charge < -0.3 is 0 Å². The molecular weight excluding hydrogens is 294 g/mol. The van der Waals surface area contributed by atoms with Gasteiger partial charge in [0.05, 0.1) is 4.90 Å². The molecule has 1 saturated heterocycles. The largest absolute Gasteiger partial charge is 0.243 e. The lowest BCUT2D eigenvalue weighted by Crippen LogP contribution is -2.44. The molecule has 0 radical (unpaired) electrons. The average molecular weight is 316 g/mol. The summed E-state index contributed by atoms with van der Waals surface area (Å²) < 4.78 is 27.4. The maximum absolute atomic E-state index is 12.9. The van der Waals surface area contributed by atoms with Crippen LogP contribution in [0, 0.1) is 12.8 Å². The van der Waals surface area contributed by atoms with Crippen molar-refractivity contribution in [2.45, 2.75) is 50.4 Å². The molecule has 1 fully saturated rings. The smallest absolute Gasteiger partial charge is 0.207 e. The number of hydrogen-bond donors (Lipinski definition) is 0. The lowest BCUT2D eigenvalue weighted by Gasteiger charge is -2.35. The van der Waals surface area contributed by atoms with Crippen molar-refractivity contribution in [3.63, 3.8) is 0 Å². The second-order valence-electron chi connectivity index (χ2n) is 5.77. The quantitative estimate of drug-likeness (QED) is 0.800. The van der Waals surface area contributed by atoms with Gasteiger partial charge in [-0.05, 0) is 49.8 Å². The molecule has 112 valence electrons. The van der Waals surface area contributed by atoms with E-state index in [1.165, 1.54) is 0 Å². The van der Waals surface area contributed by atoms with Crippen LogP contribution >= 0.6 is 11.6 Å². The van der Waals surface area contributed by atoms with Gasteiger partial charge in [0.1, 0.15) is 0 Å². The minimum absolute atomic E-state index is 0.0582. The summed E-state index contributed by atoms with van der Waals surface area (Å²) in [5, 5.41) is 0. The van der Waals surface area contributed by atoms with Crippen molar-refractivity contribution in [3.05, 3.63) is 29.3 Å². The first-order valence-electron chi connectivity index (χ1n) is 7.04. The topological polar surface area (TPSA) is 37.4 Å². The van der Waals surface area contributed by atoms with E-state index in [-0.39, 0.29) is 6.04 Å². The predicted octanol–water partition coefficient (Wildman–Crippen LogP) is 3.54. The van der Waals surface area contributed by atoms with Crippen LogP contribution in [0.15, 0.2) is 23.1 Å². The van der Waals surface area contributed by atoms with Crippen LogP contribution in [0.1, 0.15) is 37.8 Å². The molecule has 0 amide bonds. The zero-order chi connectivity index (χ0) is 14.9. The maximum Gasteiger partial charge on any atom is 0.243 e. The zero-order valence-electron chi connectivity index (χ0n) is 12.3. The zero-order valence-corrected chi connectivity index (χ0v) is 13.8. The summed E-state index contributed by atoms with van der Waals surface area (Å²) in [5.74, 6) is 0.925. The fraction of sp³-hybridized carbons (Fsp3) is 0.600. The van der Waals surface area contributed by atoms with Crippen molar-refractivity contribution in [2.75, 3.05) is 6.54 Å². The molecule has 1 aromatic carbocycles. The predicted molar refractivity (Wildman–Crippen MR) is 82.5 cm³/mol. The second kappa shape index (κ2) is 6.04. The molecule has 0 spiro atoms. The number of rotatable bonds is 3. The minimum atomic E-state index is -3.42. The van der Waals surface area contributed by atoms with Gasteiger partial charge >= 0.3 is 0 Å². The Morgan fingerprint density at radius 1 is 1.35 bits per heavy atom. The summed E-state index contributed by atoms with van der Waals surface area (Å²) in [6.45, 7) is 6.62. The summed E-state index contributed by atoms with van der Waals surface area (Å²) >= 11 is 5.88. The van der Waals surface area contributed by atoms with Crippen molar-refractivity contribution in [2.24, 2.45) is 5.92 Å². The van der Waals surface area contributed by atoms with Gasteiger partial charge in [-0.2, -0.15) is 4.31 Å². The van der Waals surface area contributed by atoms with Crippen LogP contribution in [-0.2, 0) is 15.9 Å². The Morgan fingerprint density at radius 3 is 2.65 bits per heavy atom. The van der Waals surface area contributed by atoms with E-state index < -0.39 is 10.0 Å². The summed E-state index contributed by atoms with van der Waals surface area (Å²) in [6.07, 6.45) is 1.85. The highest BCUT2D eigenvalue weighted by Gasteiger charge is 2.34. The van der Waals surface area contributed by atoms with E-state index in [4.69, 9.17) is 11.6 Å². The number of halogens is 1. The SMILES string of the molecule is Cc1c(CCl)cccc1S(=O)(=O)N1CCC(C)CC1C. The molecule has 1 aromatic rings. The molecule has 0 aliphatic carbocycles. The highest BCUT2D eigenvalue weighted by molar-refractivity contribution is 7.89. The van der Waals surface area contributed by atoms with Crippen LogP contribution in [0.5, 0.6) is 0 Å². The lowest BCUT2D eigenvalue weighted by molar-refractivity contribution is 0.220. The first kappa shape index (κ1) is 15.8. The molecular formula is C15H22ClNO2S. The molecule has 0 N–H and O–H groups in total. The third-order valence-electron chi connectivity index (χ3n) is 4.20. The Hall–Kier alpha value is -0.580. The Bertz CT molecular complexity index is 586. The highest BCUT2D eigenvalue weighted by Crippen LogP contribution is 2.30. The number of hydrogen-bond acceptors (Lipinski definition) is 2. The van der Waals surface area contributed by atoms with E-state index >= 15 is 0 Å². The second-order valence-corrected chi connectivity index (χ2v) is 7.89. The third kappa shape index (κ3) is 2.87. The number of piperidine rings is 1.